The molecule has 356 valence electrons. The molecule has 0 heterocycles. The summed E-state index contributed by atoms with van der Waals surface area (Å²) >= 11 is 0. The molecule has 0 aromatic heterocycles. The molecule has 0 aliphatic heterocycles. The lowest BCUT2D eigenvalue weighted by Gasteiger charge is -2.24. The van der Waals surface area contributed by atoms with Crippen LogP contribution < -0.4 is 5.32 Å². The number of carbonyl (C=O) groups excluding carboxylic acids is 2. The van der Waals surface area contributed by atoms with Gasteiger partial charge in [-0.05, 0) is 44.9 Å². The standard InChI is InChI=1S/C55H101NO5/c1-4-7-10-13-16-19-22-25-26-27-28-30-32-35-38-41-44-47-53(58)52(50-57)56-54(59)49-51(46-43-40-37-34-31-24-21-18-15-12-9-6-3)61-55(60)48-45-42-39-36-33-29-23-20-17-14-11-8-5-2/h8,11,14,17,20,23,29,33,51-53,57-58H,4-7,9-10,12-13,15-16,18-19,21-22,24-28,30-32,34-50H2,1-3H3,(H,56,59)/b11-8+,17-14+,23-20-,33-29-. The number of unbranched alkanes of at least 4 members (excludes halogenated alkanes) is 30. The van der Waals surface area contributed by atoms with Crippen LogP contribution in [0, 0.1) is 0 Å². The summed E-state index contributed by atoms with van der Waals surface area (Å²) in [6.45, 7) is 6.35. The molecule has 0 radical (unpaired) electrons. The Balaban J connectivity index is 4.53. The highest BCUT2D eigenvalue weighted by molar-refractivity contribution is 5.77. The van der Waals surface area contributed by atoms with E-state index in [1.54, 1.807) is 0 Å². The van der Waals surface area contributed by atoms with Gasteiger partial charge in [0.25, 0.3) is 0 Å². The summed E-state index contributed by atoms with van der Waals surface area (Å²) in [5.74, 6) is -0.511. The summed E-state index contributed by atoms with van der Waals surface area (Å²) in [5.41, 5.74) is 0. The van der Waals surface area contributed by atoms with Gasteiger partial charge in [0.1, 0.15) is 6.10 Å². The second-order valence-corrected chi connectivity index (χ2v) is 18.0. The van der Waals surface area contributed by atoms with Crippen molar-refractivity contribution in [1.29, 1.82) is 0 Å². The van der Waals surface area contributed by atoms with Crippen LogP contribution >= 0.6 is 0 Å². The van der Waals surface area contributed by atoms with E-state index in [1.807, 2.05) is 24.3 Å². The summed E-state index contributed by atoms with van der Waals surface area (Å²) < 4.78 is 5.91. The average molecular weight is 856 g/mol. The molecule has 0 aromatic carbocycles. The molecule has 0 saturated carbocycles. The Morgan fingerprint density at radius 2 is 0.885 bits per heavy atom. The van der Waals surface area contributed by atoms with Crippen LogP contribution in [0.4, 0.5) is 0 Å². The van der Waals surface area contributed by atoms with Crippen LogP contribution in [0.15, 0.2) is 48.6 Å². The van der Waals surface area contributed by atoms with E-state index in [2.05, 4.69) is 50.4 Å². The fraction of sp³-hybridized carbons (Fsp3) is 0.818. The van der Waals surface area contributed by atoms with E-state index in [9.17, 15) is 19.8 Å². The van der Waals surface area contributed by atoms with Gasteiger partial charge < -0.3 is 20.3 Å². The monoisotopic (exact) mass is 856 g/mol. The second-order valence-electron chi connectivity index (χ2n) is 18.0. The zero-order valence-corrected chi connectivity index (χ0v) is 40.5. The Hall–Kier alpha value is -2.18. The summed E-state index contributed by atoms with van der Waals surface area (Å²) in [6, 6.07) is -0.708. The number of amides is 1. The molecule has 6 nitrogen and oxygen atoms in total. The predicted octanol–water partition coefficient (Wildman–Crippen LogP) is 15.8. The number of nitrogens with one attached hydrogen (secondary N) is 1. The van der Waals surface area contributed by atoms with Crippen LogP contribution in [0.1, 0.15) is 265 Å². The maximum absolute atomic E-state index is 13.2. The van der Waals surface area contributed by atoms with Crippen molar-refractivity contribution in [2.45, 2.75) is 283 Å². The molecule has 0 fully saturated rings. The van der Waals surface area contributed by atoms with E-state index < -0.39 is 18.2 Å². The Labute approximate surface area is 378 Å². The summed E-state index contributed by atoms with van der Waals surface area (Å²) in [7, 11) is 0. The van der Waals surface area contributed by atoms with Crippen molar-refractivity contribution < 1.29 is 24.5 Å². The third kappa shape index (κ3) is 44.2. The first kappa shape index (κ1) is 58.8. The smallest absolute Gasteiger partial charge is 0.306 e. The fourth-order valence-electron chi connectivity index (χ4n) is 8.03. The van der Waals surface area contributed by atoms with Gasteiger partial charge in [0.15, 0.2) is 0 Å². The number of carbonyl (C=O) groups is 2. The van der Waals surface area contributed by atoms with Gasteiger partial charge >= 0.3 is 5.97 Å². The van der Waals surface area contributed by atoms with Gasteiger partial charge in [-0.25, -0.2) is 0 Å². The molecule has 0 rings (SSSR count). The average Bonchev–Trinajstić information content (AvgIpc) is 3.25. The highest BCUT2D eigenvalue weighted by Gasteiger charge is 2.24. The summed E-state index contributed by atoms with van der Waals surface area (Å²) in [4.78, 5) is 26.1. The zero-order valence-electron chi connectivity index (χ0n) is 40.5. The van der Waals surface area contributed by atoms with Gasteiger partial charge in [-0.15, -0.1) is 0 Å². The van der Waals surface area contributed by atoms with Gasteiger partial charge in [0, 0.05) is 6.42 Å². The van der Waals surface area contributed by atoms with Crippen molar-refractivity contribution in [3.63, 3.8) is 0 Å². The molecule has 3 N–H and O–H groups in total. The maximum Gasteiger partial charge on any atom is 0.306 e. The van der Waals surface area contributed by atoms with E-state index in [0.717, 1.165) is 70.6 Å². The molecule has 0 bridgehead atoms. The lowest BCUT2D eigenvalue weighted by molar-refractivity contribution is -0.151. The lowest BCUT2D eigenvalue weighted by Crippen LogP contribution is -2.46. The minimum atomic E-state index is -0.793. The molecule has 0 aliphatic rings. The normalized spacial score (nSPS) is 13.6. The zero-order chi connectivity index (χ0) is 44.5. The van der Waals surface area contributed by atoms with Crippen LogP contribution in [0.5, 0.6) is 0 Å². The Kier molecular flexibility index (Phi) is 47.1. The van der Waals surface area contributed by atoms with E-state index in [-0.39, 0.29) is 24.9 Å². The number of ether oxygens (including phenoxy) is 1. The van der Waals surface area contributed by atoms with Crippen molar-refractivity contribution in [3.05, 3.63) is 48.6 Å². The maximum atomic E-state index is 13.2. The molecule has 1 amide bonds. The number of aliphatic hydroxyl groups is 2. The molecule has 61 heavy (non-hydrogen) atoms. The number of allylic oxidation sites excluding steroid dienone is 8. The molecule has 6 heteroatoms. The van der Waals surface area contributed by atoms with Crippen LogP contribution in [0.25, 0.3) is 0 Å². The first-order valence-corrected chi connectivity index (χ1v) is 26.4. The van der Waals surface area contributed by atoms with Crippen molar-refractivity contribution in [1.82, 2.24) is 5.32 Å². The molecule has 0 aliphatic carbocycles. The third-order valence-corrected chi connectivity index (χ3v) is 12.0. The first-order valence-electron chi connectivity index (χ1n) is 26.4. The Bertz CT molecular complexity index is 1050. The summed E-state index contributed by atoms with van der Waals surface area (Å²) in [6.07, 6.45) is 58.9. The quantitative estimate of drug-likeness (QED) is 0.0322. The topological polar surface area (TPSA) is 95.9 Å². The lowest BCUT2D eigenvalue weighted by atomic mass is 10.0. The van der Waals surface area contributed by atoms with E-state index in [1.165, 1.54) is 148 Å². The molecular formula is C55H101NO5. The molecular weight excluding hydrogens is 755 g/mol. The molecule has 3 unspecified atom stereocenters. The Morgan fingerprint density at radius 3 is 1.33 bits per heavy atom. The van der Waals surface area contributed by atoms with Gasteiger partial charge in [-0.3, -0.25) is 9.59 Å². The van der Waals surface area contributed by atoms with Crippen molar-refractivity contribution in [3.8, 4) is 0 Å². The molecule has 0 spiro atoms. The minimum absolute atomic E-state index is 0.0640. The molecule has 0 aromatic rings. The molecule has 3 atom stereocenters. The number of rotatable bonds is 47. The summed E-state index contributed by atoms with van der Waals surface area (Å²) in [5, 5.41) is 23.8. The van der Waals surface area contributed by atoms with Gasteiger partial charge in [0.05, 0.1) is 25.2 Å². The minimum Gasteiger partial charge on any atom is -0.462 e. The first-order chi connectivity index (χ1) is 30.0. The van der Waals surface area contributed by atoms with Crippen LogP contribution in [0.3, 0.4) is 0 Å². The van der Waals surface area contributed by atoms with Crippen LogP contribution in [-0.2, 0) is 14.3 Å². The number of esters is 1. The van der Waals surface area contributed by atoms with Gasteiger partial charge in [-0.1, -0.05) is 256 Å². The van der Waals surface area contributed by atoms with Crippen molar-refractivity contribution in [2.24, 2.45) is 0 Å². The number of hydrogen-bond donors (Lipinski definition) is 3. The van der Waals surface area contributed by atoms with Crippen molar-refractivity contribution >= 4 is 11.9 Å². The van der Waals surface area contributed by atoms with Crippen LogP contribution in [-0.4, -0.2) is 46.9 Å². The van der Waals surface area contributed by atoms with E-state index >= 15 is 0 Å². The third-order valence-electron chi connectivity index (χ3n) is 12.0. The van der Waals surface area contributed by atoms with E-state index in [0.29, 0.717) is 19.3 Å². The van der Waals surface area contributed by atoms with Gasteiger partial charge in [0.2, 0.25) is 5.91 Å². The highest BCUT2D eigenvalue weighted by atomic mass is 16.5. The number of hydrogen-bond acceptors (Lipinski definition) is 5. The second kappa shape index (κ2) is 48.8. The largest absolute Gasteiger partial charge is 0.462 e. The number of aliphatic hydroxyl groups excluding tert-OH is 2. The predicted molar refractivity (Wildman–Crippen MR) is 264 cm³/mol. The van der Waals surface area contributed by atoms with Crippen molar-refractivity contribution in [2.75, 3.05) is 6.61 Å². The van der Waals surface area contributed by atoms with Crippen LogP contribution in [0.2, 0.25) is 0 Å². The SMILES string of the molecule is CC/C=C/C=C/C=C\C=C/CCCCCC(=O)OC(CCCCCCCCCCCCCC)CC(=O)NC(CO)C(O)CCCCCCCCCCCCCCCCCCC. The molecule has 0 saturated heterocycles. The highest BCUT2D eigenvalue weighted by Crippen LogP contribution is 2.18. The van der Waals surface area contributed by atoms with Gasteiger partial charge in [-0.2, -0.15) is 0 Å². The van der Waals surface area contributed by atoms with E-state index in [4.69, 9.17) is 4.74 Å². The fourth-order valence-corrected chi connectivity index (χ4v) is 8.03. The Morgan fingerprint density at radius 1 is 0.492 bits per heavy atom.